The molecule has 2 heterocycles. The summed E-state index contributed by atoms with van der Waals surface area (Å²) in [6.45, 7) is 7.56. The first-order valence-electron chi connectivity index (χ1n) is 9.91. The largest absolute Gasteiger partial charge is 0.442 e. The zero-order valence-electron chi connectivity index (χ0n) is 17.5. The van der Waals surface area contributed by atoms with E-state index in [1.165, 1.54) is 11.8 Å². The minimum atomic E-state index is -2.86. The molecule has 1 aromatic rings. The Kier molecular flexibility index (Phi) is 7.01. The molecule has 0 saturated carbocycles. The second kappa shape index (κ2) is 9.36. The quantitative estimate of drug-likeness (QED) is 0.500. The van der Waals surface area contributed by atoms with E-state index in [-0.39, 0.29) is 62.4 Å². The molecule has 0 aromatic heterocycles. The topological polar surface area (TPSA) is 88.2 Å². The smallest absolute Gasteiger partial charge is 0.414 e. The Bertz CT molecular complexity index is 906. The summed E-state index contributed by atoms with van der Waals surface area (Å²) in [5.74, 6) is -1.92. The predicted octanol–water partition coefficient (Wildman–Crippen LogP) is 3.12. The number of rotatable bonds is 7. The van der Waals surface area contributed by atoms with Crippen LogP contribution in [0.1, 0.15) is 13.8 Å². The summed E-state index contributed by atoms with van der Waals surface area (Å²) in [7, 11) is -2.86. The van der Waals surface area contributed by atoms with Crippen LogP contribution in [0.15, 0.2) is 24.3 Å². The van der Waals surface area contributed by atoms with Gasteiger partial charge in [-0.2, -0.15) is 0 Å². The van der Waals surface area contributed by atoms with Gasteiger partial charge in [-0.25, -0.2) is 13.6 Å². The molecule has 8 nitrogen and oxygen atoms in total. The molecule has 2 saturated heterocycles. The van der Waals surface area contributed by atoms with Gasteiger partial charge in [0.25, 0.3) is 0 Å². The van der Waals surface area contributed by atoms with E-state index in [2.05, 4.69) is 11.9 Å². The number of nitrogens with one attached hydrogen (secondary N) is 1. The monoisotopic (exact) mass is 457 g/mol. The van der Waals surface area contributed by atoms with Crippen molar-refractivity contribution in [3.05, 3.63) is 35.9 Å². The summed E-state index contributed by atoms with van der Waals surface area (Å²) in [6.07, 6.45) is -0.984. The van der Waals surface area contributed by atoms with Crippen molar-refractivity contribution in [2.24, 2.45) is 0 Å². The van der Waals surface area contributed by atoms with Gasteiger partial charge in [0, 0.05) is 44.5 Å². The molecule has 1 N–H and O–H groups in total. The van der Waals surface area contributed by atoms with Crippen molar-refractivity contribution in [2.75, 3.05) is 54.9 Å². The fourth-order valence-corrected chi connectivity index (χ4v) is 5.49. The number of anilines is 2. The minimum Gasteiger partial charge on any atom is -0.442 e. The second-order valence-corrected chi connectivity index (χ2v) is 10.6. The molecule has 170 valence electrons. The van der Waals surface area contributed by atoms with Crippen LogP contribution in [-0.4, -0.2) is 63.2 Å². The molecule has 31 heavy (non-hydrogen) atoms. The van der Waals surface area contributed by atoms with Crippen LogP contribution in [0.3, 0.4) is 0 Å². The van der Waals surface area contributed by atoms with Gasteiger partial charge in [-0.3, -0.25) is 14.3 Å². The Hall–Kier alpha value is -2.45. The van der Waals surface area contributed by atoms with Crippen molar-refractivity contribution >= 4 is 30.7 Å². The first kappa shape index (κ1) is 23.2. The summed E-state index contributed by atoms with van der Waals surface area (Å²) < 4.78 is 53.0. The van der Waals surface area contributed by atoms with Gasteiger partial charge < -0.3 is 19.5 Å². The zero-order chi connectivity index (χ0) is 22.8. The van der Waals surface area contributed by atoms with Gasteiger partial charge in [0.05, 0.1) is 25.4 Å². The van der Waals surface area contributed by atoms with E-state index in [0.717, 1.165) is 22.6 Å². The third kappa shape index (κ3) is 5.62. The standard InChI is InChI=1S/C20H26F2N3O5P/c1-13(2)12-29-31(28)6-4-24(5-7-31)19-17(21)8-15(9-18(19)22)25-11-16(30-20(25)27)10-23-14(3)26/h8-9,16H,1,4-7,10-12H2,2-3H3,(H,23,26)/t16-/m1/s1. The van der Waals surface area contributed by atoms with E-state index < -0.39 is 31.2 Å². The first-order valence-corrected chi connectivity index (χ1v) is 11.9. The summed E-state index contributed by atoms with van der Waals surface area (Å²) in [5, 5.41) is 2.54. The van der Waals surface area contributed by atoms with Gasteiger partial charge in [-0.1, -0.05) is 12.2 Å². The van der Waals surface area contributed by atoms with E-state index in [1.54, 1.807) is 6.92 Å². The highest BCUT2D eigenvalue weighted by Gasteiger charge is 2.35. The molecule has 2 fully saturated rings. The molecule has 2 amide bonds. The van der Waals surface area contributed by atoms with E-state index in [4.69, 9.17) is 9.26 Å². The van der Waals surface area contributed by atoms with Crippen LogP contribution in [0.2, 0.25) is 0 Å². The molecule has 0 spiro atoms. The lowest BCUT2D eigenvalue weighted by Crippen LogP contribution is -2.37. The van der Waals surface area contributed by atoms with Crippen LogP contribution in [0.4, 0.5) is 25.0 Å². The average molecular weight is 457 g/mol. The van der Waals surface area contributed by atoms with Gasteiger partial charge in [-0.15, -0.1) is 0 Å². The van der Waals surface area contributed by atoms with Crippen LogP contribution < -0.4 is 15.1 Å². The maximum Gasteiger partial charge on any atom is 0.414 e. The number of ether oxygens (including phenoxy) is 1. The Morgan fingerprint density at radius 2 is 1.90 bits per heavy atom. The van der Waals surface area contributed by atoms with Gasteiger partial charge >= 0.3 is 6.09 Å². The number of hydrogen-bond donors (Lipinski definition) is 1. The summed E-state index contributed by atoms with van der Waals surface area (Å²) in [5.41, 5.74) is 0.559. The van der Waals surface area contributed by atoms with E-state index in [0.29, 0.717) is 0 Å². The second-order valence-electron chi connectivity index (χ2n) is 7.79. The van der Waals surface area contributed by atoms with E-state index in [1.807, 2.05) is 0 Å². The summed E-state index contributed by atoms with van der Waals surface area (Å²) in [4.78, 5) is 25.7. The molecule has 0 unspecified atom stereocenters. The van der Waals surface area contributed by atoms with Crippen molar-refractivity contribution in [3.8, 4) is 0 Å². The molecule has 0 bridgehead atoms. The highest BCUT2D eigenvalue weighted by atomic mass is 31.2. The third-order valence-electron chi connectivity index (χ3n) is 5.05. The van der Waals surface area contributed by atoms with Crippen LogP contribution in [0, 0.1) is 11.6 Å². The van der Waals surface area contributed by atoms with Gasteiger partial charge in [0.1, 0.15) is 11.8 Å². The predicted molar refractivity (Wildman–Crippen MR) is 113 cm³/mol. The van der Waals surface area contributed by atoms with Crippen molar-refractivity contribution in [2.45, 2.75) is 20.0 Å². The number of hydrogen-bond acceptors (Lipinski definition) is 6. The lowest BCUT2D eigenvalue weighted by molar-refractivity contribution is -0.119. The molecule has 3 rings (SSSR count). The SMILES string of the molecule is C=C(C)COP1(=O)CCN(c2c(F)cc(N3C[C@@H](CNC(C)=O)OC3=O)cc2F)CC1. The zero-order valence-corrected chi connectivity index (χ0v) is 18.4. The molecule has 0 aliphatic carbocycles. The molecule has 1 aromatic carbocycles. The number of carbonyl (C=O) groups is 2. The summed E-state index contributed by atoms with van der Waals surface area (Å²) in [6, 6.07) is 2.15. The van der Waals surface area contributed by atoms with Gasteiger partial charge in [0.2, 0.25) is 13.3 Å². The number of cyclic esters (lactones) is 1. The van der Waals surface area contributed by atoms with Gasteiger partial charge in [0.15, 0.2) is 11.6 Å². The maximum absolute atomic E-state index is 14.8. The molecular formula is C20H26F2N3O5P. The molecule has 0 radical (unpaired) electrons. The Morgan fingerprint density at radius 1 is 1.29 bits per heavy atom. The summed E-state index contributed by atoms with van der Waals surface area (Å²) >= 11 is 0. The average Bonchev–Trinajstić information content (AvgIpc) is 3.06. The van der Waals surface area contributed by atoms with E-state index in [9.17, 15) is 22.9 Å². The number of halogens is 2. The highest BCUT2D eigenvalue weighted by Crippen LogP contribution is 2.49. The van der Waals surface area contributed by atoms with Gasteiger partial charge in [-0.05, 0) is 6.92 Å². The number of amides is 2. The lowest BCUT2D eigenvalue weighted by Gasteiger charge is -2.34. The highest BCUT2D eigenvalue weighted by molar-refractivity contribution is 7.59. The number of nitrogens with zero attached hydrogens (tertiary/aromatic N) is 2. The lowest BCUT2D eigenvalue weighted by atomic mass is 10.2. The maximum atomic E-state index is 14.8. The minimum absolute atomic E-state index is 0.0292. The first-order chi connectivity index (χ1) is 14.6. The van der Waals surface area contributed by atoms with Crippen molar-refractivity contribution < 1.29 is 32.2 Å². The fraction of sp³-hybridized carbons (Fsp3) is 0.500. The van der Waals surface area contributed by atoms with E-state index >= 15 is 0 Å². The third-order valence-corrected chi connectivity index (χ3v) is 7.41. The normalized spacial score (nSPS) is 20.5. The number of benzene rings is 1. The fourth-order valence-electron chi connectivity index (χ4n) is 3.46. The van der Waals surface area contributed by atoms with Crippen molar-refractivity contribution in [3.63, 3.8) is 0 Å². The Balaban J connectivity index is 1.69. The molecule has 11 heteroatoms. The Labute approximate surface area is 179 Å². The molecular weight excluding hydrogens is 431 g/mol. The van der Waals surface area contributed by atoms with Crippen LogP contribution in [0.5, 0.6) is 0 Å². The van der Waals surface area contributed by atoms with Crippen LogP contribution >= 0.6 is 7.37 Å². The van der Waals surface area contributed by atoms with Crippen molar-refractivity contribution in [1.29, 1.82) is 0 Å². The molecule has 1 atom stereocenters. The molecule has 2 aliphatic rings. The van der Waals surface area contributed by atoms with Crippen molar-refractivity contribution in [1.82, 2.24) is 5.32 Å². The Morgan fingerprint density at radius 3 is 2.45 bits per heavy atom. The van der Waals surface area contributed by atoms with Crippen LogP contribution in [-0.2, 0) is 18.6 Å². The molecule has 2 aliphatic heterocycles. The number of carbonyl (C=O) groups excluding carboxylic acids is 2. The van der Waals surface area contributed by atoms with Crippen LogP contribution in [0.25, 0.3) is 0 Å².